The van der Waals surface area contributed by atoms with Crippen molar-refractivity contribution < 1.29 is 24.2 Å². The fourth-order valence-electron chi connectivity index (χ4n) is 2.02. The number of halogens is 1. The van der Waals surface area contributed by atoms with Crippen LogP contribution in [0.5, 0.6) is 5.75 Å². The molecule has 9 heteroatoms. The average Bonchev–Trinajstić information content (AvgIpc) is 2.54. The number of benzene rings is 1. The van der Waals surface area contributed by atoms with Crippen molar-refractivity contribution in [2.45, 2.75) is 0 Å². The van der Waals surface area contributed by atoms with E-state index in [9.17, 15) is 14.4 Å². The first-order chi connectivity index (χ1) is 11.8. The first-order valence-electron chi connectivity index (χ1n) is 6.97. The molecule has 1 aliphatic heterocycles. The molecule has 1 aliphatic rings. The number of carboxylic acids is 1. The summed E-state index contributed by atoms with van der Waals surface area (Å²) < 4.78 is 5.79. The largest absolute Gasteiger partial charge is 0.481 e. The maximum Gasteiger partial charge on any atom is 0.341 e. The quantitative estimate of drug-likeness (QED) is 0.215. The average molecular weight is 472 g/mol. The van der Waals surface area contributed by atoms with Gasteiger partial charge >= 0.3 is 5.97 Å². The van der Waals surface area contributed by atoms with Crippen LogP contribution < -0.4 is 10.1 Å². The number of thiocarbonyl (C=S) groups is 1. The molecule has 2 rings (SSSR count). The minimum atomic E-state index is -1.08. The van der Waals surface area contributed by atoms with Crippen molar-refractivity contribution >= 4 is 63.8 Å². The number of carboxylic acid groups (broad SMARTS) is 1. The lowest BCUT2D eigenvalue weighted by atomic mass is 10.1. The van der Waals surface area contributed by atoms with Gasteiger partial charge in [-0.05, 0) is 58.6 Å². The van der Waals surface area contributed by atoms with Crippen molar-refractivity contribution in [1.29, 1.82) is 0 Å². The molecule has 1 fully saturated rings. The summed E-state index contributed by atoms with van der Waals surface area (Å²) in [7, 11) is 0. The fraction of sp³-hybridized carbons (Fsp3) is 0.125. The highest BCUT2D eigenvalue weighted by atomic mass is 127. The molecule has 1 aromatic rings. The lowest BCUT2D eigenvalue weighted by molar-refractivity contribution is -0.139. The molecule has 0 aliphatic carbocycles. The third-order valence-corrected chi connectivity index (χ3v) is 4.28. The molecular formula is C16H13IN2O5S. The van der Waals surface area contributed by atoms with Crippen molar-refractivity contribution in [1.82, 2.24) is 10.2 Å². The molecule has 0 bridgehead atoms. The van der Waals surface area contributed by atoms with Crippen molar-refractivity contribution in [2.24, 2.45) is 0 Å². The Labute approximate surface area is 162 Å². The zero-order valence-electron chi connectivity index (χ0n) is 12.8. The number of rotatable bonds is 6. The number of carbonyl (C=O) groups excluding carboxylic acids is 2. The number of hydrogen-bond acceptors (Lipinski definition) is 5. The second-order valence-electron chi connectivity index (χ2n) is 4.89. The minimum Gasteiger partial charge on any atom is -0.481 e. The van der Waals surface area contributed by atoms with E-state index >= 15 is 0 Å². The zero-order chi connectivity index (χ0) is 18.6. The van der Waals surface area contributed by atoms with Crippen LogP contribution in [0.1, 0.15) is 5.56 Å². The molecule has 1 saturated heterocycles. The first-order valence-corrected chi connectivity index (χ1v) is 8.46. The highest BCUT2D eigenvalue weighted by molar-refractivity contribution is 14.1. The molecule has 1 aromatic carbocycles. The number of amides is 2. The molecular weight excluding hydrogens is 459 g/mol. The van der Waals surface area contributed by atoms with Crippen LogP contribution in [0.3, 0.4) is 0 Å². The number of nitrogens with zero attached hydrogens (tertiary/aromatic N) is 1. The molecule has 25 heavy (non-hydrogen) atoms. The molecule has 2 amide bonds. The van der Waals surface area contributed by atoms with E-state index in [0.29, 0.717) is 14.9 Å². The normalized spacial score (nSPS) is 16.0. The Balaban J connectivity index is 2.28. The van der Waals surface area contributed by atoms with Crippen LogP contribution in [0.25, 0.3) is 6.08 Å². The van der Waals surface area contributed by atoms with Crippen molar-refractivity contribution in [3.8, 4) is 5.75 Å². The predicted molar refractivity (Wildman–Crippen MR) is 103 cm³/mol. The highest BCUT2D eigenvalue weighted by Gasteiger charge is 2.32. The van der Waals surface area contributed by atoms with E-state index in [-0.39, 0.29) is 17.2 Å². The van der Waals surface area contributed by atoms with E-state index in [2.05, 4.69) is 11.9 Å². The van der Waals surface area contributed by atoms with Crippen molar-refractivity contribution in [2.75, 3.05) is 13.2 Å². The SMILES string of the molecule is C=CCN1C(=O)/C(=C/c2ccc(OCC(=O)O)c(I)c2)C(=O)NC1=S. The lowest BCUT2D eigenvalue weighted by Crippen LogP contribution is -2.53. The molecule has 0 atom stereocenters. The van der Waals surface area contributed by atoms with Gasteiger partial charge in [0.15, 0.2) is 11.7 Å². The van der Waals surface area contributed by atoms with Crippen LogP contribution in [0, 0.1) is 3.57 Å². The Bertz CT molecular complexity index is 806. The number of nitrogens with one attached hydrogen (secondary N) is 1. The summed E-state index contributed by atoms with van der Waals surface area (Å²) in [5.41, 5.74) is 0.544. The van der Waals surface area contributed by atoms with Gasteiger partial charge in [0.1, 0.15) is 11.3 Å². The summed E-state index contributed by atoms with van der Waals surface area (Å²) >= 11 is 6.97. The summed E-state index contributed by atoms with van der Waals surface area (Å²) in [5.74, 6) is -1.75. The van der Waals surface area contributed by atoms with Crippen LogP contribution in [-0.4, -0.2) is 46.1 Å². The first kappa shape index (κ1) is 19.1. The maximum atomic E-state index is 12.4. The molecule has 0 radical (unpaired) electrons. The molecule has 130 valence electrons. The van der Waals surface area contributed by atoms with Crippen LogP contribution in [0.2, 0.25) is 0 Å². The number of ether oxygens (including phenoxy) is 1. The summed E-state index contributed by atoms with van der Waals surface area (Å²) in [6.07, 6.45) is 2.95. The lowest BCUT2D eigenvalue weighted by Gasteiger charge is -2.27. The Morgan fingerprint density at radius 1 is 1.44 bits per heavy atom. The molecule has 0 unspecified atom stereocenters. The number of aliphatic carboxylic acids is 1. The highest BCUT2D eigenvalue weighted by Crippen LogP contribution is 2.24. The Kier molecular flexibility index (Phi) is 6.26. The topological polar surface area (TPSA) is 95.9 Å². The molecule has 2 N–H and O–H groups in total. The van der Waals surface area contributed by atoms with Gasteiger partial charge in [0.05, 0.1) is 3.57 Å². The van der Waals surface area contributed by atoms with Crippen LogP contribution in [0.4, 0.5) is 0 Å². The van der Waals surface area contributed by atoms with Gasteiger partial charge < -0.3 is 9.84 Å². The van der Waals surface area contributed by atoms with Gasteiger partial charge in [0, 0.05) is 6.54 Å². The number of carbonyl (C=O) groups is 3. The van der Waals surface area contributed by atoms with E-state index in [1.807, 2.05) is 22.6 Å². The van der Waals surface area contributed by atoms with Crippen LogP contribution >= 0.6 is 34.8 Å². The predicted octanol–water partition coefficient (Wildman–Crippen LogP) is 1.57. The zero-order valence-corrected chi connectivity index (χ0v) is 15.8. The van der Waals surface area contributed by atoms with E-state index in [4.69, 9.17) is 22.1 Å². The van der Waals surface area contributed by atoms with E-state index in [1.54, 1.807) is 18.2 Å². The summed E-state index contributed by atoms with van der Waals surface area (Å²) in [4.78, 5) is 36.3. The van der Waals surface area contributed by atoms with Crippen LogP contribution in [0.15, 0.2) is 36.4 Å². The molecule has 0 spiro atoms. The van der Waals surface area contributed by atoms with E-state index in [0.717, 1.165) is 0 Å². The van der Waals surface area contributed by atoms with E-state index in [1.165, 1.54) is 17.1 Å². The third-order valence-electron chi connectivity index (χ3n) is 3.12. The molecule has 1 heterocycles. The Hall–Kier alpha value is -2.27. The van der Waals surface area contributed by atoms with Gasteiger partial charge in [0.2, 0.25) is 0 Å². The van der Waals surface area contributed by atoms with Gasteiger partial charge in [-0.1, -0.05) is 12.1 Å². The Morgan fingerprint density at radius 2 is 2.16 bits per heavy atom. The van der Waals surface area contributed by atoms with Gasteiger partial charge in [-0.2, -0.15) is 0 Å². The smallest absolute Gasteiger partial charge is 0.341 e. The molecule has 0 saturated carbocycles. The standard InChI is InChI=1S/C16H13IN2O5S/c1-2-5-19-15(23)10(14(22)18-16(19)25)6-9-3-4-12(11(17)7-9)24-8-13(20)21/h2-4,6-7H,1,5,8H2,(H,20,21)(H,18,22,25)/b10-6+. The van der Waals surface area contributed by atoms with Crippen molar-refractivity contribution in [3.63, 3.8) is 0 Å². The second kappa shape index (κ2) is 8.21. The summed E-state index contributed by atoms with van der Waals surface area (Å²) in [6.45, 7) is 3.30. The fourth-order valence-corrected chi connectivity index (χ4v) is 2.96. The molecule has 0 aromatic heterocycles. The Morgan fingerprint density at radius 3 is 2.76 bits per heavy atom. The summed E-state index contributed by atoms with van der Waals surface area (Å²) in [5, 5.41) is 11.1. The molecule has 7 nitrogen and oxygen atoms in total. The van der Waals surface area contributed by atoms with Crippen molar-refractivity contribution in [3.05, 3.63) is 45.6 Å². The van der Waals surface area contributed by atoms with Gasteiger partial charge in [-0.3, -0.25) is 19.8 Å². The maximum absolute atomic E-state index is 12.4. The second-order valence-corrected chi connectivity index (χ2v) is 6.44. The van der Waals surface area contributed by atoms with Gasteiger partial charge in [0.25, 0.3) is 11.8 Å². The third kappa shape index (κ3) is 4.63. The van der Waals surface area contributed by atoms with Gasteiger partial charge in [-0.15, -0.1) is 6.58 Å². The summed E-state index contributed by atoms with van der Waals surface area (Å²) in [6, 6.07) is 4.88. The van der Waals surface area contributed by atoms with Gasteiger partial charge in [-0.25, -0.2) is 4.79 Å². The van der Waals surface area contributed by atoms with E-state index < -0.39 is 24.4 Å². The minimum absolute atomic E-state index is 0.0408. The number of hydrogen-bond donors (Lipinski definition) is 2. The monoisotopic (exact) mass is 472 g/mol. The van der Waals surface area contributed by atoms with Crippen LogP contribution in [-0.2, 0) is 14.4 Å².